The molecule has 0 saturated carbocycles. The van der Waals surface area contributed by atoms with E-state index in [1.54, 1.807) is 0 Å². The highest BCUT2D eigenvalue weighted by Gasteiger charge is 2.04. The van der Waals surface area contributed by atoms with Crippen LogP contribution >= 0.6 is 0 Å². The number of hydrogen-bond acceptors (Lipinski definition) is 1. The van der Waals surface area contributed by atoms with Crippen molar-refractivity contribution < 1.29 is 0 Å². The Balaban J connectivity index is 3.54. The first-order chi connectivity index (χ1) is 5.24. The van der Waals surface area contributed by atoms with E-state index in [-0.39, 0.29) is 0 Å². The molecular formula is C10H21N. The zero-order valence-corrected chi connectivity index (χ0v) is 7.90. The van der Waals surface area contributed by atoms with Gasteiger partial charge in [-0.25, -0.2) is 0 Å². The Hall–Kier alpha value is -0.300. The summed E-state index contributed by atoms with van der Waals surface area (Å²) in [5.74, 6) is 0.828. The van der Waals surface area contributed by atoms with Crippen LogP contribution in [0, 0.1) is 5.92 Å². The fraction of sp³-hybridized carbons (Fsp3) is 0.800. The summed E-state index contributed by atoms with van der Waals surface area (Å²) < 4.78 is 0. The third-order valence-corrected chi connectivity index (χ3v) is 2.23. The van der Waals surface area contributed by atoms with Crippen LogP contribution in [0.3, 0.4) is 0 Å². The molecule has 1 heteroatoms. The summed E-state index contributed by atoms with van der Waals surface area (Å²) in [7, 11) is 0. The highest BCUT2D eigenvalue weighted by atomic mass is 14.5. The van der Waals surface area contributed by atoms with Gasteiger partial charge in [-0.3, -0.25) is 0 Å². The van der Waals surface area contributed by atoms with E-state index < -0.39 is 0 Å². The maximum Gasteiger partial charge on any atom is -0.00400 e. The molecule has 0 spiro atoms. The molecule has 0 heterocycles. The van der Waals surface area contributed by atoms with Crippen molar-refractivity contribution in [2.75, 3.05) is 6.54 Å². The normalized spacial score (nSPS) is 10.5. The molecule has 0 aromatic rings. The topological polar surface area (TPSA) is 26.0 Å². The van der Waals surface area contributed by atoms with Gasteiger partial charge >= 0.3 is 0 Å². The largest absolute Gasteiger partial charge is 0.330 e. The lowest BCUT2D eigenvalue weighted by atomic mass is 9.94. The van der Waals surface area contributed by atoms with Crippen LogP contribution in [0.15, 0.2) is 12.2 Å². The average molecular weight is 155 g/mol. The minimum atomic E-state index is 0.749. The second kappa shape index (κ2) is 6.41. The van der Waals surface area contributed by atoms with Crippen LogP contribution in [0.2, 0.25) is 0 Å². The molecule has 0 unspecified atom stereocenters. The number of rotatable bonds is 6. The Morgan fingerprint density at radius 1 is 1.36 bits per heavy atom. The van der Waals surface area contributed by atoms with Gasteiger partial charge < -0.3 is 5.73 Å². The van der Waals surface area contributed by atoms with E-state index in [1.807, 2.05) is 0 Å². The lowest BCUT2D eigenvalue weighted by Gasteiger charge is -2.13. The minimum Gasteiger partial charge on any atom is -0.330 e. The first kappa shape index (κ1) is 10.7. The SMILES string of the molecule is C=C(CCN)CC(CC)CC. The molecular weight excluding hydrogens is 134 g/mol. The summed E-state index contributed by atoms with van der Waals surface area (Å²) in [4.78, 5) is 0. The van der Waals surface area contributed by atoms with E-state index in [9.17, 15) is 0 Å². The van der Waals surface area contributed by atoms with E-state index in [0.717, 1.165) is 18.9 Å². The maximum absolute atomic E-state index is 5.43. The number of nitrogens with two attached hydrogens (primary N) is 1. The molecule has 0 fully saturated rings. The fourth-order valence-electron chi connectivity index (χ4n) is 1.29. The second-order valence-electron chi connectivity index (χ2n) is 3.18. The van der Waals surface area contributed by atoms with Gasteiger partial charge in [0.05, 0.1) is 0 Å². The van der Waals surface area contributed by atoms with Crippen LogP contribution in [-0.2, 0) is 0 Å². The van der Waals surface area contributed by atoms with Crippen molar-refractivity contribution in [3.05, 3.63) is 12.2 Å². The van der Waals surface area contributed by atoms with Crippen molar-refractivity contribution in [3.8, 4) is 0 Å². The van der Waals surface area contributed by atoms with Crippen molar-refractivity contribution >= 4 is 0 Å². The van der Waals surface area contributed by atoms with Crippen LogP contribution in [-0.4, -0.2) is 6.54 Å². The van der Waals surface area contributed by atoms with Crippen molar-refractivity contribution in [3.63, 3.8) is 0 Å². The average Bonchev–Trinajstić information content (AvgIpc) is 2.01. The molecule has 2 N–H and O–H groups in total. The van der Waals surface area contributed by atoms with E-state index in [4.69, 9.17) is 5.73 Å². The first-order valence-electron chi connectivity index (χ1n) is 4.61. The molecule has 66 valence electrons. The molecule has 0 atom stereocenters. The van der Waals surface area contributed by atoms with Gasteiger partial charge in [-0.15, -0.1) is 0 Å². The Morgan fingerprint density at radius 3 is 2.27 bits per heavy atom. The molecule has 0 aliphatic heterocycles. The fourth-order valence-corrected chi connectivity index (χ4v) is 1.29. The van der Waals surface area contributed by atoms with Crippen molar-refractivity contribution in [2.45, 2.75) is 39.5 Å². The molecule has 0 saturated heterocycles. The van der Waals surface area contributed by atoms with Gasteiger partial charge in [0.15, 0.2) is 0 Å². The van der Waals surface area contributed by atoms with E-state index in [1.165, 1.54) is 24.8 Å². The molecule has 0 radical (unpaired) electrons. The molecule has 0 amide bonds. The van der Waals surface area contributed by atoms with Crippen LogP contribution in [0.5, 0.6) is 0 Å². The van der Waals surface area contributed by atoms with Gasteiger partial charge in [0.25, 0.3) is 0 Å². The highest BCUT2D eigenvalue weighted by molar-refractivity contribution is 4.95. The lowest BCUT2D eigenvalue weighted by Crippen LogP contribution is -2.03. The van der Waals surface area contributed by atoms with E-state index in [0.29, 0.717) is 0 Å². The van der Waals surface area contributed by atoms with E-state index >= 15 is 0 Å². The Labute approximate surface area is 70.7 Å². The summed E-state index contributed by atoms with van der Waals surface area (Å²) in [6.45, 7) is 9.23. The molecule has 0 aromatic heterocycles. The Kier molecular flexibility index (Phi) is 6.24. The summed E-state index contributed by atoms with van der Waals surface area (Å²) in [5.41, 5.74) is 6.75. The molecule has 11 heavy (non-hydrogen) atoms. The zero-order valence-electron chi connectivity index (χ0n) is 7.90. The van der Waals surface area contributed by atoms with Gasteiger partial charge in [0.2, 0.25) is 0 Å². The molecule has 0 rings (SSSR count). The first-order valence-corrected chi connectivity index (χ1v) is 4.61. The summed E-state index contributed by atoms with van der Waals surface area (Å²) in [6.07, 6.45) is 4.70. The standard InChI is InChI=1S/C10H21N/c1-4-10(5-2)8-9(3)6-7-11/h10H,3-8,11H2,1-2H3. The summed E-state index contributed by atoms with van der Waals surface area (Å²) in [5, 5.41) is 0. The van der Waals surface area contributed by atoms with Crippen molar-refractivity contribution in [1.82, 2.24) is 0 Å². The number of hydrogen-bond donors (Lipinski definition) is 1. The van der Waals surface area contributed by atoms with Crippen LogP contribution in [0.1, 0.15) is 39.5 Å². The smallest absolute Gasteiger partial charge is 0.00400 e. The minimum absolute atomic E-state index is 0.749. The molecule has 0 aliphatic carbocycles. The lowest BCUT2D eigenvalue weighted by molar-refractivity contribution is 0.483. The van der Waals surface area contributed by atoms with Gasteiger partial charge in [0, 0.05) is 0 Å². The summed E-state index contributed by atoms with van der Waals surface area (Å²) in [6, 6.07) is 0. The third-order valence-electron chi connectivity index (χ3n) is 2.23. The van der Waals surface area contributed by atoms with Crippen LogP contribution in [0.4, 0.5) is 0 Å². The van der Waals surface area contributed by atoms with Gasteiger partial charge in [0.1, 0.15) is 0 Å². The predicted octanol–water partition coefficient (Wildman–Crippen LogP) is 2.72. The van der Waals surface area contributed by atoms with Gasteiger partial charge in [-0.1, -0.05) is 38.8 Å². The molecule has 0 aliphatic rings. The quantitative estimate of drug-likeness (QED) is 0.586. The van der Waals surface area contributed by atoms with Gasteiger partial charge in [-0.2, -0.15) is 0 Å². The highest BCUT2D eigenvalue weighted by Crippen LogP contribution is 2.18. The van der Waals surface area contributed by atoms with Crippen molar-refractivity contribution in [2.24, 2.45) is 11.7 Å². The monoisotopic (exact) mass is 155 g/mol. The zero-order chi connectivity index (χ0) is 8.69. The predicted molar refractivity (Wildman–Crippen MR) is 51.5 cm³/mol. The molecule has 1 nitrogen and oxygen atoms in total. The van der Waals surface area contributed by atoms with Crippen LogP contribution in [0.25, 0.3) is 0 Å². The molecule has 0 bridgehead atoms. The Bertz CT molecular complexity index is 103. The molecule has 0 aromatic carbocycles. The van der Waals surface area contributed by atoms with Crippen molar-refractivity contribution in [1.29, 1.82) is 0 Å². The summed E-state index contributed by atoms with van der Waals surface area (Å²) >= 11 is 0. The van der Waals surface area contributed by atoms with Crippen LogP contribution < -0.4 is 5.73 Å². The second-order valence-corrected chi connectivity index (χ2v) is 3.18. The maximum atomic E-state index is 5.43. The third kappa shape index (κ3) is 5.02. The van der Waals surface area contributed by atoms with Gasteiger partial charge in [-0.05, 0) is 25.3 Å². The Morgan fingerprint density at radius 2 is 1.91 bits per heavy atom. The van der Waals surface area contributed by atoms with E-state index in [2.05, 4.69) is 20.4 Å².